The summed E-state index contributed by atoms with van der Waals surface area (Å²) in [6.45, 7) is 3.07. The summed E-state index contributed by atoms with van der Waals surface area (Å²) in [5, 5.41) is 3.26. The van der Waals surface area contributed by atoms with Gasteiger partial charge in [0.1, 0.15) is 0 Å². The Kier molecular flexibility index (Phi) is 4.04. The van der Waals surface area contributed by atoms with Crippen molar-refractivity contribution in [2.45, 2.75) is 32.1 Å². The molecule has 1 aromatic heterocycles. The number of benzene rings is 1. The predicted molar refractivity (Wildman–Crippen MR) is 95.2 cm³/mol. The van der Waals surface area contributed by atoms with E-state index < -0.39 is 0 Å². The van der Waals surface area contributed by atoms with E-state index in [9.17, 15) is 4.79 Å². The number of rotatable bonds is 3. The van der Waals surface area contributed by atoms with Crippen molar-refractivity contribution in [3.05, 3.63) is 29.6 Å². The smallest absolute Gasteiger partial charge is 0.227 e. The second kappa shape index (κ2) is 6.32. The van der Waals surface area contributed by atoms with E-state index in [1.807, 2.05) is 17.0 Å². The number of piperidine rings is 1. The van der Waals surface area contributed by atoms with Crippen LogP contribution in [0.1, 0.15) is 32.1 Å². The average molecular weight is 327 g/mol. The molecule has 0 radical (unpaired) electrons. The molecule has 2 aromatic rings. The molecule has 2 fully saturated rings. The maximum atomic E-state index is 11.9. The van der Waals surface area contributed by atoms with Crippen LogP contribution in [0.2, 0.25) is 0 Å². The number of hydrogen-bond donors (Lipinski definition) is 0. The Bertz CT molecular complexity index is 706. The first-order chi connectivity index (χ1) is 11.3. The minimum Gasteiger partial charge on any atom is -0.348 e. The van der Waals surface area contributed by atoms with Crippen molar-refractivity contribution < 1.29 is 4.79 Å². The molecule has 1 aromatic carbocycles. The Hall–Kier alpha value is -1.88. The van der Waals surface area contributed by atoms with Crippen LogP contribution in [0.4, 0.5) is 10.8 Å². The first-order valence-corrected chi connectivity index (χ1v) is 9.30. The molecule has 2 aliphatic heterocycles. The maximum Gasteiger partial charge on any atom is 0.227 e. The molecule has 2 saturated heterocycles. The lowest BCUT2D eigenvalue weighted by atomic mass is 10.1. The summed E-state index contributed by atoms with van der Waals surface area (Å²) in [5.41, 5.74) is 3.11. The van der Waals surface area contributed by atoms with Crippen LogP contribution in [0, 0.1) is 0 Å². The van der Waals surface area contributed by atoms with Crippen LogP contribution in [-0.2, 0) is 4.79 Å². The van der Waals surface area contributed by atoms with Crippen molar-refractivity contribution in [1.29, 1.82) is 0 Å². The van der Waals surface area contributed by atoms with Gasteiger partial charge in [-0.05, 0) is 37.8 Å². The molecule has 5 heteroatoms. The minimum atomic E-state index is 0.231. The van der Waals surface area contributed by atoms with Crippen molar-refractivity contribution in [3.63, 3.8) is 0 Å². The van der Waals surface area contributed by atoms with Crippen LogP contribution in [0.5, 0.6) is 0 Å². The van der Waals surface area contributed by atoms with Crippen molar-refractivity contribution >= 4 is 28.1 Å². The summed E-state index contributed by atoms with van der Waals surface area (Å²) < 4.78 is 0. The molecule has 2 aliphatic rings. The van der Waals surface area contributed by atoms with Gasteiger partial charge in [0.05, 0.1) is 5.69 Å². The highest BCUT2D eigenvalue weighted by molar-refractivity contribution is 7.14. The number of anilines is 2. The maximum absolute atomic E-state index is 11.9. The molecular formula is C18H21N3OS. The molecule has 4 rings (SSSR count). The molecule has 0 N–H and O–H groups in total. The van der Waals surface area contributed by atoms with Crippen molar-refractivity contribution in [2.75, 3.05) is 29.4 Å². The van der Waals surface area contributed by atoms with E-state index in [0.717, 1.165) is 48.1 Å². The third-order valence-corrected chi connectivity index (χ3v) is 5.55. The summed E-state index contributed by atoms with van der Waals surface area (Å²) in [4.78, 5) is 21.1. The Morgan fingerprint density at radius 2 is 1.91 bits per heavy atom. The highest BCUT2D eigenvalue weighted by Crippen LogP contribution is 2.31. The van der Waals surface area contributed by atoms with Gasteiger partial charge in [-0.25, -0.2) is 4.98 Å². The lowest BCUT2D eigenvalue weighted by Gasteiger charge is -2.25. The Morgan fingerprint density at radius 1 is 1.04 bits per heavy atom. The van der Waals surface area contributed by atoms with Crippen LogP contribution in [0.25, 0.3) is 11.3 Å². The van der Waals surface area contributed by atoms with Gasteiger partial charge < -0.3 is 9.80 Å². The second-order valence-corrected chi connectivity index (χ2v) is 7.10. The van der Waals surface area contributed by atoms with Gasteiger partial charge in [-0.2, -0.15) is 0 Å². The Labute approximate surface area is 140 Å². The van der Waals surface area contributed by atoms with Gasteiger partial charge in [0.2, 0.25) is 5.91 Å². The zero-order chi connectivity index (χ0) is 15.6. The van der Waals surface area contributed by atoms with E-state index >= 15 is 0 Å². The van der Waals surface area contributed by atoms with Gasteiger partial charge in [-0.15, -0.1) is 11.3 Å². The fraction of sp³-hybridized carbons (Fsp3) is 0.444. The minimum absolute atomic E-state index is 0.231. The molecule has 0 spiro atoms. The van der Waals surface area contributed by atoms with Crippen LogP contribution < -0.4 is 9.80 Å². The molecular weight excluding hydrogens is 306 g/mol. The topological polar surface area (TPSA) is 36.4 Å². The Balaban J connectivity index is 1.58. The molecule has 3 heterocycles. The van der Waals surface area contributed by atoms with Crippen molar-refractivity contribution in [1.82, 2.24) is 4.98 Å². The lowest BCUT2D eigenvalue weighted by Crippen LogP contribution is -2.29. The number of aromatic nitrogens is 1. The molecule has 120 valence electrons. The van der Waals surface area contributed by atoms with E-state index in [0.29, 0.717) is 6.42 Å². The number of thiazole rings is 1. The van der Waals surface area contributed by atoms with Crippen LogP contribution in [0.15, 0.2) is 29.6 Å². The summed E-state index contributed by atoms with van der Waals surface area (Å²) in [7, 11) is 0. The molecule has 4 nitrogen and oxygen atoms in total. The molecule has 0 unspecified atom stereocenters. The van der Waals surface area contributed by atoms with E-state index in [4.69, 9.17) is 4.98 Å². The largest absolute Gasteiger partial charge is 0.348 e. The highest BCUT2D eigenvalue weighted by Gasteiger charge is 2.22. The molecule has 0 bridgehead atoms. The number of amides is 1. The van der Waals surface area contributed by atoms with Gasteiger partial charge in [-0.1, -0.05) is 12.1 Å². The van der Waals surface area contributed by atoms with E-state index in [1.165, 1.54) is 19.3 Å². The second-order valence-electron chi connectivity index (χ2n) is 6.26. The zero-order valence-corrected chi connectivity index (χ0v) is 14.0. The van der Waals surface area contributed by atoms with Gasteiger partial charge in [0, 0.05) is 42.7 Å². The standard InChI is InChI=1S/C18H21N3OS/c22-17-8-5-11-21(17)15-7-4-6-14(12-15)16-13-23-18(19-16)20-9-2-1-3-10-20/h4,6-7,12-13H,1-3,5,8-11H2. The third kappa shape index (κ3) is 2.98. The van der Waals surface area contributed by atoms with Gasteiger partial charge in [0.15, 0.2) is 5.13 Å². The van der Waals surface area contributed by atoms with Gasteiger partial charge >= 0.3 is 0 Å². The predicted octanol–water partition coefficient (Wildman–Crippen LogP) is 3.93. The summed E-state index contributed by atoms with van der Waals surface area (Å²) in [5.74, 6) is 0.231. The van der Waals surface area contributed by atoms with Crippen molar-refractivity contribution in [2.24, 2.45) is 0 Å². The fourth-order valence-electron chi connectivity index (χ4n) is 3.38. The quantitative estimate of drug-likeness (QED) is 0.857. The van der Waals surface area contributed by atoms with E-state index in [2.05, 4.69) is 22.4 Å². The molecule has 0 aliphatic carbocycles. The number of carbonyl (C=O) groups is 1. The summed E-state index contributed by atoms with van der Waals surface area (Å²) >= 11 is 1.72. The molecule has 23 heavy (non-hydrogen) atoms. The number of nitrogens with zero attached hydrogens (tertiary/aromatic N) is 3. The van der Waals surface area contributed by atoms with Crippen LogP contribution in [-0.4, -0.2) is 30.5 Å². The molecule has 0 atom stereocenters. The zero-order valence-electron chi connectivity index (χ0n) is 13.2. The number of carbonyl (C=O) groups excluding carboxylic acids is 1. The summed E-state index contributed by atoms with van der Waals surface area (Å²) in [6, 6.07) is 8.22. The Morgan fingerprint density at radius 3 is 2.70 bits per heavy atom. The van der Waals surface area contributed by atoms with Crippen LogP contribution in [0.3, 0.4) is 0 Å². The third-order valence-electron chi connectivity index (χ3n) is 4.65. The van der Waals surface area contributed by atoms with Gasteiger partial charge in [-0.3, -0.25) is 4.79 Å². The fourth-order valence-corrected chi connectivity index (χ4v) is 4.27. The molecule has 1 amide bonds. The molecule has 0 saturated carbocycles. The average Bonchev–Trinajstić information content (AvgIpc) is 3.25. The lowest BCUT2D eigenvalue weighted by molar-refractivity contribution is -0.117. The van der Waals surface area contributed by atoms with Crippen LogP contribution >= 0.6 is 11.3 Å². The van der Waals surface area contributed by atoms with E-state index in [1.54, 1.807) is 11.3 Å². The monoisotopic (exact) mass is 327 g/mol. The number of hydrogen-bond acceptors (Lipinski definition) is 4. The first-order valence-electron chi connectivity index (χ1n) is 8.42. The normalized spacial score (nSPS) is 18.7. The summed E-state index contributed by atoms with van der Waals surface area (Å²) in [6.07, 6.45) is 5.49. The van der Waals surface area contributed by atoms with Gasteiger partial charge in [0.25, 0.3) is 0 Å². The SMILES string of the molecule is O=C1CCCN1c1cccc(-c2csc(N3CCCCC3)n2)c1. The highest BCUT2D eigenvalue weighted by atomic mass is 32.1. The van der Waals surface area contributed by atoms with E-state index in [-0.39, 0.29) is 5.91 Å². The first kappa shape index (κ1) is 14.7. The van der Waals surface area contributed by atoms with Crippen molar-refractivity contribution in [3.8, 4) is 11.3 Å².